The molecule has 17 heavy (non-hydrogen) atoms. The molecule has 1 fully saturated rings. The second-order valence-electron chi connectivity index (χ2n) is 4.23. The van der Waals surface area contributed by atoms with Crippen LogP contribution in [0.15, 0.2) is 18.2 Å². The number of benzene rings is 1. The van der Waals surface area contributed by atoms with Gasteiger partial charge in [-0.05, 0) is 42.9 Å². The first-order chi connectivity index (χ1) is 8.20. The molecule has 0 amide bonds. The van der Waals surface area contributed by atoms with Gasteiger partial charge < -0.3 is 10.1 Å². The quantitative estimate of drug-likeness (QED) is 0.838. The van der Waals surface area contributed by atoms with Crippen molar-refractivity contribution >= 4 is 23.4 Å². The molecule has 0 bridgehead atoms. The predicted octanol–water partition coefficient (Wildman–Crippen LogP) is 2.70. The number of ether oxygens (including phenoxy) is 1. The Morgan fingerprint density at radius 1 is 1.53 bits per heavy atom. The van der Waals surface area contributed by atoms with Crippen LogP contribution in [0.3, 0.4) is 0 Å². The fourth-order valence-corrected chi connectivity index (χ4v) is 3.09. The average molecular weight is 251 g/mol. The molecule has 4 heteroatoms. The Bertz CT molecular complexity index is 414. The molecule has 3 nitrogen and oxygen atoms in total. The molecule has 1 atom stereocenters. The third-order valence-electron chi connectivity index (χ3n) is 2.94. The fraction of sp³-hybridized carbons (Fsp3) is 0.462. The molecule has 0 radical (unpaired) electrons. The van der Waals surface area contributed by atoms with Gasteiger partial charge in [-0.25, -0.2) is 4.79 Å². The summed E-state index contributed by atoms with van der Waals surface area (Å²) in [6.45, 7) is 2.01. The number of esters is 1. The molecule has 0 spiro atoms. The Morgan fingerprint density at radius 3 is 2.94 bits per heavy atom. The van der Waals surface area contributed by atoms with Crippen molar-refractivity contribution in [3.8, 4) is 0 Å². The third-order valence-corrected chi connectivity index (χ3v) is 4.10. The number of aryl methyl sites for hydroxylation is 1. The van der Waals surface area contributed by atoms with Crippen molar-refractivity contribution in [1.29, 1.82) is 0 Å². The van der Waals surface area contributed by atoms with Crippen LogP contribution in [0.5, 0.6) is 0 Å². The Kier molecular flexibility index (Phi) is 3.94. The van der Waals surface area contributed by atoms with E-state index in [1.54, 1.807) is 0 Å². The zero-order valence-electron chi connectivity index (χ0n) is 10.2. The van der Waals surface area contributed by atoms with Crippen molar-refractivity contribution in [1.82, 2.24) is 0 Å². The molecule has 1 aromatic rings. The van der Waals surface area contributed by atoms with Crippen LogP contribution < -0.4 is 5.32 Å². The molecular weight excluding hydrogens is 234 g/mol. The number of carbonyl (C=O) groups excluding carboxylic acids is 1. The monoisotopic (exact) mass is 251 g/mol. The first kappa shape index (κ1) is 12.3. The van der Waals surface area contributed by atoms with Gasteiger partial charge in [-0.3, -0.25) is 0 Å². The highest BCUT2D eigenvalue weighted by molar-refractivity contribution is 7.99. The van der Waals surface area contributed by atoms with E-state index in [4.69, 9.17) is 4.74 Å². The summed E-state index contributed by atoms with van der Waals surface area (Å²) in [5.74, 6) is 2.12. The van der Waals surface area contributed by atoms with Crippen molar-refractivity contribution < 1.29 is 9.53 Å². The number of hydrogen-bond donors (Lipinski definition) is 1. The Morgan fingerprint density at radius 2 is 2.35 bits per heavy atom. The molecule has 1 aromatic carbocycles. The number of carbonyl (C=O) groups is 1. The lowest BCUT2D eigenvalue weighted by molar-refractivity contribution is 0.0600. The SMILES string of the molecule is COC(=O)c1ccc(NC2CCSC2)c(C)c1. The number of hydrogen-bond acceptors (Lipinski definition) is 4. The van der Waals surface area contributed by atoms with E-state index in [-0.39, 0.29) is 5.97 Å². The van der Waals surface area contributed by atoms with Gasteiger partial charge in [-0.2, -0.15) is 11.8 Å². The summed E-state index contributed by atoms with van der Waals surface area (Å²) < 4.78 is 4.70. The standard InChI is InChI=1S/C13H17NO2S/c1-9-7-10(13(15)16-2)3-4-12(9)14-11-5-6-17-8-11/h3-4,7,11,14H,5-6,8H2,1-2H3. The van der Waals surface area contributed by atoms with E-state index in [0.29, 0.717) is 11.6 Å². The summed E-state index contributed by atoms with van der Waals surface area (Å²) in [6, 6.07) is 6.20. The number of anilines is 1. The lowest BCUT2D eigenvalue weighted by Gasteiger charge is -2.15. The van der Waals surface area contributed by atoms with E-state index >= 15 is 0 Å². The Labute approximate surface area is 106 Å². The lowest BCUT2D eigenvalue weighted by Crippen LogP contribution is -2.18. The van der Waals surface area contributed by atoms with E-state index in [0.717, 1.165) is 17.0 Å². The zero-order chi connectivity index (χ0) is 12.3. The molecule has 0 aromatic heterocycles. The summed E-state index contributed by atoms with van der Waals surface area (Å²) in [5.41, 5.74) is 2.81. The summed E-state index contributed by atoms with van der Waals surface area (Å²) in [7, 11) is 1.40. The van der Waals surface area contributed by atoms with Crippen LogP contribution >= 0.6 is 11.8 Å². The molecule has 92 valence electrons. The van der Waals surface area contributed by atoms with Gasteiger partial charge in [-0.15, -0.1) is 0 Å². The van der Waals surface area contributed by atoms with Gasteiger partial charge in [0.2, 0.25) is 0 Å². The Hall–Kier alpha value is -1.16. The zero-order valence-corrected chi connectivity index (χ0v) is 11.0. The second kappa shape index (κ2) is 5.45. The average Bonchev–Trinajstić information content (AvgIpc) is 2.83. The minimum Gasteiger partial charge on any atom is -0.465 e. The van der Waals surface area contributed by atoms with Crippen LogP contribution in [0.25, 0.3) is 0 Å². The van der Waals surface area contributed by atoms with Gasteiger partial charge >= 0.3 is 5.97 Å². The summed E-state index contributed by atoms with van der Waals surface area (Å²) >= 11 is 1.98. The largest absolute Gasteiger partial charge is 0.465 e. The van der Waals surface area contributed by atoms with Crippen LogP contribution in [0.1, 0.15) is 22.3 Å². The van der Waals surface area contributed by atoms with Crippen LogP contribution in [-0.2, 0) is 4.74 Å². The van der Waals surface area contributed by atoms with Gasteiger partial charge in [0.15, 0.2) is 0 Å². The smallest absolute Gasteiger partial charge is 0.337 e. The first-order valence-electron chi connectivity index (χ1n) is 5.74. The molecule has 1 aliphatic rings. The summed E-state index contributed by atoms with van der Waals surface area (Å²) in [5, 5.41) is 3.52. The first-order valence-corrected chi connectivity index (χ1v) is 6.89. The van der Waals surface area contributed by atoms with Crippen molar-refractivity contribution in [2.45, 2.75) is 19.4 Å². The second-order valence-corrected chi connectivity index (χ2v) is 5.38. The minimum atomic E-state index is -0.281. The molecule has 1 heterocycles. The topological polar surface area (TPSA) is 38.3 Å². The fourth-order valence-electron chi connectivity index (χ4n) is 1.94. The molecular formula is C13H17NO2S. The number of thioether (sulfide) groups is 1. The number of rotatable bonds is 3. The van der Waals surface area contributed by atoms with Gasteiger partial charge in [0.25, 0.3) is 0 Å². The molecule has 0 aliphatic carbocycles. The van der Waals surface area contributed by atoms with E-state index in [1.807, 2.05) is 36.9 Å². The molecule has 0 saturated carbocycles. The van der Waals surface area contributed by atoms with Crippen molar-refractivity contribution in [3.05, 3.63) is 29.3 Å². The summed E-state index contributed by atoms with van der Waals surface area (Å²) in [6.07, 6.45) is 1.21. The van der Waals surface area contributed by atoms with Gasteiger partial charge in [0, 0.05) is 17.5 Å². The maximum Gasteiger partial charge on any atom is 0.337 e. The number of nitrogens with one attached hydrogen (secondary N) is 1. The van der Waals surface area contributed by atoms with E-state index in [9.17, 15) is 4.79 Å². The minimum absolute atomic E-state index is 0.281. The number of methoxy groups -OCH3 is 1. The maximum absolute atomic E-state index is 11.4. The van der Waals surface area contributed by atoms with Crippen molar-refractivity contribution in [2.24, 2.45) is 0 Å². The van der Waals surface area contributed by atoms with Crippen molar-refractivity contribution in [3.63, 3.8) is 0 Å². The highest BCUT2D eigenvalue weighted by Gasteiger charge is 2.16. The highest BCUT2D eigenvalue weighted by Crippen LogP contribution is 2.24. The molecule has 1 saturated heterocycles. The molecule has 1 aliphatic heterocycles. The highest BCUT2D eigenvalue weighted by atomic mass is 32.2. The lowest BCUT2D eigenvalue weighted by atomic mass is 10.1. The van der Waals surface area contributed by atoms with E-state index in [1.165, 1.54) is 19.3 Å². The molecule has 2 rings (SSSR count). The summed E-state index contributed by atoms with van der Waals surface area (Å²) in [4.78, 5) is 11.4. The third kappa shape index (κ3) is 2.94. The Balaban J connectivity index is 2.10. The van der Waals surface area contributed by atoms with Gasteiger partial charge in [-0.1, -0.05) is 0 Å². The normalized spacial score (nSPS) is 19.1. The maximum atomic E-state index is 11.4. The van der Waals surface area contributed by atoms with Crippen LogP contribution in [0, 0.1) is 6.92 Å². The van der Waals surface area contributed by atoms with Gasteiger partial charge in [0.1, 0.15) is 0 Å². The van der Waals surface area contributed by atoms with E-state index in [2.05, 4.69) is 5.32 Å². The van der Waals surface area contributed by atoms with Crippen LogP contribution in [-0.4, -0.2) is 30.6 Å². The van der Waals surface area contributed by atoms with Gasteiger partial charge in [0.05, 0.1) is 12.7 Å². The molecule has 1 unspecified atom stereocenters. The predicted molar refractivity (Wildman–Crippen MR) is 71.9 cm³/mol. The van der Waals surface area contributed by atoms with Crippen molar-refractivity contribution in [2.75, 3.05) is 23.9 Å². The van der Waals surface area contributed by atoms with Crippen LogP contribution in [0.2, 0.25) is 0 Å². The molecule has 1 N–H and O–H groups in total. The van der Waals surface area contributed by atoms with Crippen LogP contribution in [0.4, 0.5) is 5.69 Å². The van der Waals surface area contributed by atoms with E-state index < -0.39 is 0 Å².